The number of ether oxygens (including phenoxy) is 1. The number of rotatable bonds is 6. The number of nitrogens with two attached hydrogens (primary N) is 1. The molecule has 0 aliphatic carbocycles. The number of primary amides is 1. The number of piperidine rings is 1. The Labute approximate surface area is 180 Å². The lowest BCUT2D eigenvalue weighted by atomic mass is 9.97. The van der Waals surface area contributed by atoms with Crippen LogP contribution in [0, 0.1) is 0 Å². The van der Waals surface area contributed by atoms with Crippen LogP contribution in [0.3, 0.4) is 0 Å². The van der Waals surface area contributed by atoms with E-state index in [0.717, 1.165) is 29.8 Å². The average Bonchev–Trinajstić information content (AvgIpc) is 3.26. The molecule has 1 aliphatic rings. The summed E-state index contributed by atoms with van der Waals surface area (Å²) < 4.78 is 5.20. The third-order valence-electron chi connectivity index (χ3n) is 5.55. The highest BCUT2D eigenvalue weighted by Crippen LogP contribution is 2.30. The summed E-state index contributed by atoms with van der Waals surface area (Å²) in [6.45, 7) is 1.25. The average molecular weight is 419 g/mol. The van der Waals surface area contributed by atoms with Crippen molar-refractivity contribution in [2.75, 3.05) is 20.2 Å². The first-order valence-corrected chi connectivity index (χ1v) is 10.3. The lowest BCUT2D eigenvalue weighted by Crippen LogP contribution is -2.40. The molecule has 31 heavy (non-hydrogen) atoms. The molecule has 2 amide bonds. The third-order valence-corrected chi connectivity index (χ3v) is 5.55. The molecule has 1 aliphatic heterocycles. The molecule has 160 valence electrons. The zero-order chi connectivity index (χ0) is 21.8. The fraction of sp³-hybridized carbons (Fsp3) is 0.304. The highest BCUT2D eigenvalue weighted by atomic mass is 16.5. The fourth-order valence-electron chi connectivity index (χ4n) is 3.92. The summed E-state index contributed by atoms with van der Waals surface area (Å²) in [4.78, 5) is 38.7. The van der Waals surface area contributed by atoms with Crippen molar-refractivity contribution in [2.45, 2.75) is 25.2 Å². The monoisotopic (exact) mass is 419 g/mol. The van der Waals surface area contributed by atoms with Gasteiger partial charge < -0.3 is 20.4 Å². The Hall–Kier alpha value is -3.68. The standard InChI is InChI=1S/C23H25N5O3/c1-31-18-9-7-15(8-10-18)20-21(22(24)30)27-23(26-20)16-5-4-12-28(14-16)19(29)13-17-6-2-3-11-25-17/h2-3,6-11,16H,4-5,12-14H2,1H3,(H2,24,30)(H,26,27)/t16-/m1/s1. The van der Waals surface area contributed by atoms with Crippen molar-refractivity contribution in [2.24, 2.45) is 5.73 Å². The minimum absolute atomic E-state index is 0.00605. The Kier molecular flexibility index (Phi) is 5.97. The van der Waals surface area contributed by atoms with Gasteiger partial charge in [0.05, 0.1) is 13.5 Å². The normalized spacial score (nSPS) is 16.2. The third kappa shape index (κ3) is 4.58. The molecule has 0 spiro atoms. The molecule has 1 saturated heterocycles. The second-order valence-corrected chi connectivity index (χ2v) is 7.62. The van der Waals surface area contributed by atoms with E-state index >= 15 is 0 Å². The number of aromatic amines is 1. The topological polar surface area (TPSA) is 114 Å². The van der Waals surface area contributed by atoms with Gasteiger partial charge >= 0.3 is 0 Å². The SMILES string of the molecule is COc1ccc(-c2nc([C@@H]3CCCN(C(=O)Cc4ccccn4)C3)[nH]c2C(N)=O)cc1. The first kappa shape index (κ1) is 20.6. The number of likely N-dealkylation sites (tertiary alicyclic amines) is 1. The molecule has 4 rings (SSSR count). The van der Waals surface area contributed by atoms with Crippen LogP contribution in [0.25, 0.3) is 11.3 Å². The van der Waals surface area contributed by atoms with E-state index < -0.39 is 5.91 Å². The summed E-state index contributed by atoms with van der Waals surface area (Å²) in [6, 6.07) is 12.9. The molecule has 8 nitrogen and oxygen atoms in total. The molecular formula is C23H25N5O3. The van der Waals surface area contributed by atoms with Gasteiger partial charge in [0.2, 0.25) is 5.91 Å². The van der Waals surface area contributed by atoms with Crippen LogP contribution in [0.15, 0.2) is 48.7 Å². The van der Waals surface area contributed by atoms with Gasteiger partial charge in [0, 0.05) is 36.5 Å². The number of hydrogen-bond donors (Lipinski definition) is 2. The van der Waals surface area contributed by atoms with Gasteiger partial charge in [0.25, 0.3) is 5.91 Å². The zero-order valence-corrected chi connectivity index (χ0v) is 17.4. The number of hydrogen-bond acceptors (Lipinski definition) is 5. The van der Waals surface area contributed by atoms with Crippen LogP contribution in [0.4, 0.5) is 0 Å². The van der Waals surface area contributed by atoms with Crippen LogP contribution >= 0.6 is 0 Å². The maximum atomic E-state index is 12.8. The quantitative estimate of drug-likeness (QED) is 0.637. The van der Waals surface area contributed by atoms with E-state index in [1.807, 2.05) is 47.4 Å². The van der Waals surface area contributed by atoms with Crippen molar-refractivity contribution in [1.82, 2.24) is 19.9 Å². The first-order chi connectivity index (χ1) is 15.0. The number of pyridine rings is 1. The molecule has 1 aromatic carbocycles. The molecule has 2 aromatic heterocycles. The van der Waals surface area contributed by atoms with Crippen molar-refractivity contribution >= 4 is 11.8 Å². The summed E-state index contributed by atoms with van der Waals surface area (Å²) in [6.07, 6.45) is 3.70. The number of benzene rings is 1. The summed E-state index contributed by atoms with van der Waals surface area (Å²) in [5.74, 6) is 0.875. The second-order valence-electron chi connectivity index (χ2n) is 7.62. The Balaban J connectivity index is 1.54. The number of nitrogens with one attached hydrogen (secondary N) is 1. The molecule has 1 atom stereocenters. The van der Waals surface area contributed by atoms with Crippen LogP contribution in [0.2, 0.25) is 0 Å². The molecule has 3 N–H and O–H groups in total. The second kappa shape index (κ2) is 8.99. The smallest absolute Gasteiger partial charge is 0.267 e. The van der Waals surface area contributed by atoms with Gasteiger partial charge in [-0.1, -0.05) is 6.07 Å². The minimum Gasteiger partial charge on any atom is -0.497 e. The molecule has 3 aromatic rings. The number of aromatic nitrogens is 3. The van der Waals surface area contributed by atoms with Gasteiger partial charge in [-0.3, -0.25) is 14.6 Å². The summed E-state index contributed by atoms with van der Waals surface area (Å²) >= 11 is 0. The van der Waals surface area contributed by atoms with E-state index in [-0.39, 0.29) is 23.9 Å². The minimum atomic E-state index is -0.566. The van der Waals surface area contributed by atoms with Crippen molar-refractivity contribution < 1.29 is 14.3 Å². The predicted octanol–water partition coefficient (Wildman–Crippen LogP) is 2.53. The van der Waals surface area contributed by atoms with Crippen molar-refractivity contribution in [3.05, 3.63) is 65.9 Å². The van der Waals surface area contributed by atoms with Crippen molar-refractivity contribution in [3.63, 3.8) is 0 Å². The summed E-state index contributed by atoms with van der Waals surface area (Å²) in [5.41, 5.74) is 7.93. The summed E-state index contributed by atoms with van der Waals surface area (Å²) in [7, 11) is 1.60. The van der Waals surface area contributed by atoms with Gasteiger partial charge in [-0.25, -0.2) is 4.98 Å². The van der Waals surface area contributed by atoms with E-state index in [0.29, 0.717) is 24.6 Å². The van der Waals surface area contributed by atoms with Gasteiger partial charge in [0.15, 0.2) is 0 Å². The van der Waals surface area contributed by atoms with E-state index in [9.17, 15) is 9.59 Å². The van der Waals surface area contributed by atoms with E-state index in [1.165, 1.54) is 0 Å². The Morgan fingerprint density at radius 3 is 2.71 bits per heavy atom. The van der Waals surface area contributed by atoms with Gasteiger partial charge in [-0.05, 0) is 49.2 Å². The summed E-state index contributed by atoms with van der Waals surface area (Å²) in [5, 5.41) is 0. The number of methoxy groups -OCH3 is 1. The number of carbonyl (C=O) groups excluding carboxylic acids is 2. The Morgan fingerprint density at radius 1 is 1.23 bits per heavy atom. The van der Waals surface area contributed by atoms with Crippen LogP contribution in [0.1, 0.15) is 40.8 Å². The van der Waals surface area contributed by atoms with Crippen LogP contribution in [0.5, 0.6) is 5.75 Å². The van der Waals surface area contributed by atoms with Gasteiger partial charge in [-0.2, -0.15) is 0 Å². The number of amides is 2. The molecule has 0 unspecified atom stereocenters. The van der Waals surface area contributed by atoms with Gasteiger partial charge in [-0.15, -0.1) is 0 Å². The molecule has 1 fully saturated rings. The van der Waals surface area contributed by atoms with Crippen molar-refractivity contribution in [1.29, 1.82) is 0 Å². The maximum Gasteiger partial charge on any atom is 0.267 e. The molecule has 3 heterocycles. The first-order valence-electron chi connectivity index (χ1n) is 10.3. The van der Waals surface area contributed by atoms with E-state index in [2.05, 4.69) is 9.97 Å². The lowest BCUT2D eigenvalue weighted by molar-refractivity contribution is -0.131. The Morgan fingerprint density at radius 2 is 2.03 bits per heavy atom. The Bertz CT molecular complexity index is 1060. The number of nitrogens with zero attached hydrogens (tertiary/aromatic N) is 3. The number of carbonyl (C=O) groups is 2. The zero-order valence-electron chi connectivity index (χ0n) is 17.4. The van der Waals surface area contributed by atoms with Gasteiger partial charge in [0.1, 0.15) is 23.0 Å². The molecule has 0 radical (unpaired) electrons. The maximum absolute atomic E-state index is 12.8. The number of H-pyrrole nitrogens is 1. The lowest BCUT2D eigenvalue weighted by Gasteiger charge is -2.32. The van der Waals surface area contributed by atoms with Crippen LogP contribution in [-0.4, -0.2) is 51.9 Å². The highest BCUT2D eigenvalue weighted by Gasteiger charge is 2.28. The van der Waals surface area contributed by atoms with E-state index in [1.54, 1.807) is 13.3 Å². The largest absolute Gasteiger partial charge is 0.497 e. The molecular weight excluding hydrogens is 394 g/mol. The van der Waals surface area contributed by atoms with Crippen LogP contribution < -0.4 is 10.5 Å². The molecule has 0 saturated carbocycles. The van der Waals surface area contributed by atoms with E-state index in [4.69, 9.17) is 15.5 Å². The predicted molar refractivity (Wildman–Crippen MR) is 116 cm³/mol. The fourth-order valence-corrected chi connectivity index (χ4v) is 3.92. The molecule has 8 heteroatoms. The number of imidazole rings is 1. The van der Waals surface area contributed by atoms with Crippen LogP contribution in [-0.2, 0) is 11.2 Å². The molecule has 0 bridgehead atoms. The van der Waals surface area contributed by atoms with Crippen molar-refractivity contribution in [3.8, 4) is 17.0 Å². The highest BCUT2D eigenvalue weighted by molar-refractivity contribution is 5.97.